The molecule has 0 atom stereocenters. The van der Waals surface area contributed by atoms with Gasteiger partial charge < -0.3 is 14.8 Å². The lowest BCUT2D eigenvalue weighted by molar-refractivity contribution is -0.117. The van der Waals surface area contributed by atoms with Crippen LogP contribution in [-0.4, -0.2) is 50.1 Å². The summed E-state index contributed by atoms with van der Waals surface area (Å²) in [5.41, 5.74) is 1.10. The summed E-state index contributed by atoms with van der Waals surface area (Å²) in [6, 6.07) is 16.3. The van der Waals surface area contributed by atoms with Crippen molar-refractivity contribution < 1.29 is 19.1 Å². The van der Waals surface area contributed by atoms with Gasteiger partial charge in [-0.2, -0.15) is 0 Å². The molecular weight excluding hydrogens is 483 g/mol. The molecule has 0 aliphatic heterocycles. The smallest absolute Gasteiger partial charge is 0.350 e. The summed E-state index contributed by atoms with van der Waals surface area (Å²) in [6.45, 7) is 3.09. The Labute approximate surface area is 207 Å². The number of benzene rings is 2. The second kappa shape index (κ2) is 12.0. The van der Waals surface area contributed by atoms with E-state index in [9.17, 15) is 9.59 Å². The van der Waals surface area contributed by atoms with Gasteiger partial charge in [-0.1, -0.05) is 47.5 Å². The van der Waals surface area contributed by atoms with E-state index in [1.54, 1.807) is 31.2 Å². The number of esters is 1. The average Bonchev–Trinajstić information content (AvgIpc) is 3.18. The number of amides is 1. The van der Waals surface area contributed by atoms with Crippen LogP contribution in [0.15, 0.2) is 54.6 Å². The van der Waals surface area contributed by atoms with Crippen molar-refractivity contribution in [2.45, 2.75) is 6.92 Å². The number of nitrogens with one attached hydrogen (secondary N) is 1. The second-order valence-corrected chi connectivity index (χ2v) is 9.04. The minimum Gasteiger partial charge on any atom is -0.492 e. The Morgan fingerprint density at radius 2 is 1.85 bits per heavy atom. The van der Waals surface area contributed by atoms with Crippen LogP contribution in [0.3, 0.4) is 0 Å². The first-order chi connectivity index (χ1) is 15.9. The lowest BCUT2D eigenvalue weighted by atomic mass is 10.2. The summed E-state index contributed by atoms with van der Waals surface area (Å²) in [5.74, 6) is 0.0224. The molecule has 1 heterocycles. The molecule has 33 heavy (non-hydrogen) atoms. The standard InChI is InChI=1S/C24H24Cl2N2O4S/c1-3-31-24(30)23-20(14-21(33-23)18-10-9-16(25)13-19(18)26)27-22(29)15-28(2)11-12-32-17-7-5-4-6-8-17/h4-10,13-14H,3,11-12,15H2,1-2H3,(H,27,29). The topological polar surface area (TPSA) is 67.9 Å². The Kier molecular flexibility index (Phi) is 9.14. The van der Waals surface area contributed by atoms with Crippen LogP contribution in [0, 0.1) is 0 Å². The minimum absolute atomic E-state index is 0.132. The van der Waals surface area contributed by atoms with Crippen molar-refractivity contribution in [1.29, 1.82) is 0 Å². The highest BCUT2D eigenvalue weighted by Crippen LogP contribution is 2.39. The zero-order chi connectivity index (χ0) is 23.8. The molecule has 0 unspecified atom stereocenters. The van der Waals surface area contributed by atoms with Gasteiger partial charge in [-0.05, 0) is 44.3 Å². The van der Waals surface area contributed by atoms with Crippen LogP contribution in [-0.2, 0) is 9.53 Å². The lowest BCUT2D eigenvalue weighted by Gasteiger charge is -2.16. The molecule has 0 fully saturated rings. The summed E-state index contributed by atoms with van der Waals surface area (Å²) in [4.78, 5) is 28.0. The first-order valence-corrected chi connectivity index (χ1v) is 11.9. The zero-order valence-corrected chi connectivity index (χ0v) is 20.6. The predicted molar refractivity (Wildman–Crippen MR) is 134 cm³/mol. The molecule has 2 aromatic carbocycles. The van der Waals surface area contributed by atoms with Crippen molar-refractivity contribution in [3.8, 4) is 16.2 Å². The Balaban J connectivity index is 1.67. The number of halogens is 2. The number of ether oxygens (including phenoxy) is 2. The van der Waals surface area contributed by atoms with Gasteiger partial charge in [0.15, 0.2) is 0 Å². The third-order valence-corrected chi connectivity index (χ3v) is 6.26. The van der Waals surface area contributed by atoms with E-state index in [1.807, 2.05) is 42.3 Å². The summed E-state index contributed by atoms with van der Waals surface area (Å²) in [5, 5.41) is 3.80. The fraction of sp³-hybridized carbons (Fsp3) is 0.250. The monoisotopic (exact) mass is 506 g/mol. The number of hydrogen-bond donors (Lipinski definition) is 1. The summed E-state index contributed by atoms with van der Waals surface area (Å²) in [6.07, 6.45) is 0. The molecule has 0 aliphatic rings. The van der Waals surface area contributed by atoms with Gasteiger partial charge in [-0.3, -0.25) is 9.69 Å². The molecule has 0 spiro atoms. The predicted octanol–water partition coefficient (Wildman–Crippen LogP) is 5.85. The molecule has 6 nitrogen and oxygen atoms in total. The van der Waals surface area contributed by atoms with Crippen LogP contribution in [0.25, 0.3) is 10.4 Å². The first kappa shape index (κ1) is 25.1. The minimum atomic E-state index is -0.501. The quantitative estimate of drug-likeness (QED) is 0.349. The van der Waals surface area contributed by atoms with Gasteiger partial charge in [0.05, 0.1) is 23.9 Å². The Bertz CT molecular complexity index is 1110. The molecule has 174 valence electrons. The van der Waals surface area contributed by atoms with E-state index in [1.165, 1.54) is 11.3 Å². The first-order valence-electron chi connectivity index (χ1n) is 10.3. The third kappa shape index (κ3) is 7.20. The summed E-state index contributed by atoms with van der Waals surface area (Å²) >= 11 is 13.5. The lowest BCUT2D eigenvalue weighted by Crippen LogP contribution is -2.33. The number of nitrogens with zero attached hydrogens (tertiary/aromatic N) is 1. The number of anilines is 1. The summed E-state index contributed by atoms with van der Waals surface area (Å²) < 4.78 is 10.8. The molecule has 0 bridgehead atoms. The van der Waals surface area contributed by atoms with Crippen LogP contribution >= 0.6 is 34.5 Å². The molecule has 0 saturated carbocycles. The number of carbonyl (C=O) groups is 2. The van der Waals surface area contributed by atoms with Crippen molar-refractivity contribution >= 4 is 52.1 Å². The maximum Gasteiger partial charge on any atom is 0.350 e. The largest absolute Gasteiger partial charge is 0.492 e. The van der Waals surface area contributed by atoms with Gasteiger partial charge in [0, 0.05) is 22.0 Å². The van der Waals surface area contributed by atoms with Crippen molar-refractivity contribution in [3.63, 3.8) is 0 Å². The van der Waals surface area contributed by atoms with E-state index in [0.29, 0.717) is 39.3 Å². The van der Waals surface area contributed by atoms with Crippen LogP contribution in [0.5, 0.6) is 5.75 Å². The number of carbonyl (C=O) groups excluding carboxylic acids is 2. The number of thiophene rings is 1. The van der Waals surface area contributed by atoms with Crippen LogP contribution < -0.4 is 10.1 Å². The van der Waals surface area contributed by atoms with Crippen LogP contribution in [0.4, 0.5) is 5.69 Å². The van der Waals surface area contributed by atoms with Crippen molar-refractivity contribution in [1.82, 2.24) is 4.90 Å². The second-order valence-electron chi connectivity index (χ2n) is 7.15. The normalized spacial score (nSPS) is 10.8. The Morgan fingerprint density at radius 1 is 1.09 bits per heavy atom. The van der Waals surface area contributed by atoms with Gasteiger partial charge in [0.2, 0.25) is 5.91 Å². The van der Waals surface area contributed by atoms with E-state index >= 15 is 0 Å². The third-order valence-electron chi connectivity index (χ3n) is 4.56. The number of likely N-dealkylation sites (N-methyl/N-ethyl adjacent to an activating group) is 1. The molecular formula is C24H24Cl2N2O4S. The Morgan fingerprint density at radius 3 is 2.55 bits per heavy atom. The molecule has 1 amide bonds. The number of rotatable bonds is 10. The molecule has 3 rings (SSSR count). The maximum atomic E-state index is 12.7. The SMILES string of the molecule is CCOC(=O)c1sc(-c2ccc(Cl)cc2Cl)cc1NC(=O)CN(C)CCOc1ccccc1. The highest BCUT2D eigenvalue weighted by molar-refractivity contribution is 7.18. The van der Waals surface area contributed by atoms with Crippen molar-refractivity contribution in [3.05, 3.63) is 69.5 Å². The fourth-order valence-corrected chi connectivity index (χ4v) is 4.62. The molecule has 0 saturated heterocycles. The molecule has 3 aromatic rings. The van der Waals surface area contributed by atoms with Gasteiger partial charge in [0.25, 0.3) is 0 Å². The molecule has 1 aromatic heterocycles. The zero-order valence-electron chi connectivity index (χ0n) is 18.3. The van der Waals surface area contributed by atoms with E-state index in [0.717, 1.165) is 10.6 Å². The molecule has 1 N–H and O–H groups in total. The number of hydrogen-bond acceptors (Lipinski definition) is 6. The summed E-state index contributed by atoms with van der Waals surface area (Å²) in [7, 11) is 1.83. The Hall–Kier alpha value is -2.58. The molecule has 9 heteroatoms. The van der Waals surface area contributed by atoms with Crippen LogP contribution in [0.1, 0.15) is 16.6 Å². The van der Waals surface area contributed by atoms with E-state index < -0.39 is 5.97 Å². The highest BCUT2D eigenvalue weighted by atomic mass is 35.5. The highest BCUT2D eigenvalue weighted by Gasteiger charge is 2.21. The fourth-order valence-electron chi connectivity index (χ4n) is 3.00. The number of para-hydroxylation sites is 1. The van der Waals surface area contributed by atoms with E-state index in [-0.39, 0.29) is 19.1 Å². The maximum absolute atomic E-state index is 12.7. The van der Waals surface area contributed by atoms with Crippen molar-refractivity contribution in [2.75, 3.05) is 38.7 Å². The van der Waals surface area contributed by atoms with Crippen molar-refractivity contribution in [2.24, 2.45) is 0 Å². The van der Waals surface area contributed by atoms with E-state index in [4.69, 9.17) is 32.7 Å². The molecule has 0 radical (unpaired) electrons. The van der Waals surface area contributed by atoms with E-state index in [2.05, 4.69) is 5.32 Å². The van der Waals surface area contributed by atoms with Gasteiger partial charge in [-0.15, -0.1) is 11.3 Å². The van der Waals surface area contributed by atoms with Gasteiger partial charge >= 0.3 is 5.97 Å². The van der Waals surface area contributed by atoms with Crippen LogP contribution in [0.2, 0.25) is 10.0 Å². The van der Waals surface area contributed by atoms with Gasteiger partial charge in [0.1, 0.15) is 17.2 Å². The van der Waals surface area contributed by atoms with Gasteiger partial charge in [-0.25, -0.2) is 4.79 Å². The average molecular weight is 507 g/mol. The molecule has 0 aliphatic carbocycles.